The van der Waals surface area contributed by atoms with Crippen LogP contribution in [0, 0.1) is 25.6 Å². The molecule has 0 N–H and O–H groups in total. The predicted octanol–water partition coefficient (Wildman–Crippen LogP) is 7.03. The number of carbonyl (C=O) groups is 2. The summed E-state index contributed by atoms with van der Waals surface area (Å²) in [5, 5.41) is 4.76. The van der Waals surface area contributed by atoms with Gasteiger partial charge in [-0.15, -0.1) is 0 Å². The number of ketones is 1. The molecule has 0 aliphatic carbocycles. The van der Waals surface area contributed by atoms with Gasteiger partial charge in [0.2, 0.25) is 5.91 Å². The van der Waals surface area contributed by atoms with E-state index in [9.17, 15) is 27.2 Å². The van der Waals surface area contributed by atoms with Crippen molar-refractivity contribution in [3.63, 3.8) is 0 Å². The van der Waals surface area contributed by atoms with Crippen molar-refractivity contribution in [1.29, 1.82) is 0 Å². The number of fused-ring (bicyclic) bond motifs is 1. The lowest BCUT2D eigenvalue weighted by atomic mass is 9.74. The maximum atomic E-state index is 14.3. The number of alkyl halides is 3. The van der Waals surface area contributed by atoms with Crippen LogP contribution in [0.3, 0.4) is 0 Å². The van der Waals surface area contributed by atoms with Gasteiger partial charge in [0.05, 0.1) is 22.9 Å². The Hall–Kier alpha value is -4.27. The average molecular weight is 550 g/mol. The zero-order valence-electron chi connectivity index (χ0n) is 22.2. The Morgan fingerprint density at radius 1 is 0.975 bits per heavy atom. The Morgan fingerprint density at radius 2 is 1.70 bits per heavy atom. The number of halogens is 4. The van der Waals surface area contributed by atoms with E-state index in [0.29, 0.717) is 22.6 Å². The third-order valence-corrected chi connectivity index (χ3v) is 7.41. The van der Waals surface area contributed by atoms with E-state index in [2.05, 4.69) is 0 Å². The molecule has 1 aliphatic heterocycles. The highest BCUT2D eigenvalue weighted by molar-refractivity contribution is 6.04. The number of hydrogen-bond donors (Lipinski definition) is 0. The van der Waals surface area contributed by atoms with Crippen molar-refractivity contribution in [2.45, 2.75) is 39.3 Å². The minimum Gasteiger partial charge on any atom is -0.296 e. The highest BCUT2D eigenvalue weighted by atomic mass is 19.4. The molecule has 2 atom stereocenters. The van der Waals surface area contributed by atoms with Crippen LogP contribution in [0.4, 0.5) is 23.4 Å². The van der Waals surface area contributed by atoms with Crippen LogP contribution >= 0.6 is 0 Å². The smallest absolute Gasteiger partial charge is 0.296 e. The quantitative estimate of drug-likeness (QED) is 0.192. The van der Waals surface area contributed by atoms with Crippen LogP contribution in [-0.2, 0) is 11.0 Å². The van der Waals surface area contributed by atoms with Gasteiger partial charge in [-0.2, -0.15) is 18.3 Å². The number of aryl methyl sites for hydroxylation is 2. The van der Waals surface area contributed by atoms with Crippen molar-refractivity contribution in [3.8, 4) is 5.69 Å². The molecule has 40 heavy (non-hydrogen) atoms. The number of rotatable bonds is 6. The molecular weight excluding hydrogens is 522 g/mol. The molecule has 5 rings (SSSR count). The lowest BCUT2D eigenvalue weighted by Crippen LogP contribution is -2.45. The summed E-state index contributed by atoms with van der Waals surface area (Å²) in [6.07, 6.45) is -4.94. The van der Waals surface area contributed by atoms with Gasteiger partial charge in [-0.3, -0.25) is 14.5 Å². The van der Waals surface area contributed by atoms with Gasteiger partial charge in [-0.25, -0.2) is 9.07 Å². The Kier molecular flexibility index (Phi) is 7.08. The van der Waals surface area contributed by atoms with E-state index in [4.69, 9.17) is 5.10 Å². The van der Waals surface area contributed by atoms with Gasteiger partial charge >= 0.3 is 6.18 Å². The summed E-state index contributed by atoms with van der Waals surface area (Å²) in [5.74, 6) is -2.39. The molecule has 0 saturated carbocycles. The third-order valence-electron chi connectivity index (χ3n) is 7.41. The Balaban J connectivity index is 1.67. The van der Waals surface area contributed by atoms with Gasteiger partial charge in [0.1, 0.15) is 11.6 Å². The lowest BCUT2D eigenvalue weighted by Gasteiger charge is -2.38. The number of hydrogen-bond acceptors (Lipinski definition) is 3. The molecule has 0 bridgehead atoms. The fraction of sp³-hybridized carbons (Fsp3) is 0.258. The molecule has 3 aromatic carbocycles. The van der Waals surface area contributed by atoms with E-state index in [0.717, 1.165) is 23.4 Å². The van der Waals surface area contributed by atoms with Gasteiger partial charge in [-0.1, -0.05) is 42.5 Å². The molecule has 9 heteroatoms. The first kappa shape index (κ1) is 27.3. The van der Waals surface area contributed by atoms with Gasteiger partial charge < -0.3 is 0 Å². The molecule has 5 nitrogen and oxygen atoms in total. The molecule has 1 amide bonds. The molecule has 0 fully saturated rings. The Bertz CT molecular complexity index is 1590. The van der Waals surface area contributed by atoms with Crippen LogP contribution in [0.1, 0.15) is 57.6 Å². The summed E-state index contributed by atoms with van der Waals surface area (Å²) in [7, 11) is 0. The van der Waals surface area contributed by atoms with E-state index < -0.39 is 35.2 Å². The maximum absolute atomic E-state index is 14.3. The number of para-hydroxylation sites is 1. The molecule has 0 unspecified atom stereocenters. The zero-order chi connectivity index (χ0) is 28.8. The highest BCUT2D eigenvalue weighted by Gasteiger charge is 2.45. The van der Waals surface area contributed by atoms with Crippen molar-refractivity contribution >= 4 is 17.5 Å². The number of aromatic nitrogens is 2. The number of anilines is 1. The van der Waals surface area contributed by atoms with Crippen LogP contribution in [0.2, 0.25) is 0 Å². The van der Waals surface area contributed by atoms with Crippen LogP contribution in [0.5, 0.6) is 0 Å². The average Bonchev–Trinajstić information content (AvgIpc) is 3.27. The highest BCUT2D eigenvalue weighted by Crippen LogP contribution is 2.47. The molecule has 0 spiro atoms. The van der Waals surface area contributed by atoms with E-state index in [-0.39, 0.29) is 24.4 Å². The largest absolute Gasteiger partial charge is 0.416 e. The van der Waals surface area contributed by atoms with Crippen LogP contribution in [0.25, 0.3) is 5.69 Å². The predicted molar refractivity (Wildman–Crippen MR) is 143 cm³/mol. The lowest BCUT2D eigenvalue weighted by molar-refractivity contribution is -0.137. The van der Waals surface area contributed by atoms with Crippen LogP contribution < -0.4 is 4.90 Å². The second kappa shape index (κ2) is 10.4. The van der Waals surface area contributed by atoms with Crippen molar-refractivity contribution < 1.29 is 27.2 Å². The zero-order valence-corrected chi connectivity index (χ0v) is 22.2. The third kappa shape index (κ3) is 4.80. The van der Waals surface area contributed by atoms with Gasteiger partial charge in [-0.05, 0) is 62.2 Å². The molecule has 206 valence electrons. The number of benzene rings is 3. The van der Waals surface area contributed by atoms with E-state index in [1.54, 1.807) is 28.6 Å². The van der Waals surface area contributed by atoms with Gasteiger partial charge in [0.15, 0.2) is 5.78 Å². The second-order valence-electron chi connectivity index (χ2n) is 9.95. The minimum absolute atomic E-state index is 0.123. The second-order valence-corrected chi connectivity index (χ2v) is 9.95. The molecule has 0 radical (unpaired) electrons. The van der Waals surface area contributed by atoms with E-state index in [1.165, 1.54) is 18.2 Å². The Labute approximate surface area is 229 Å². The monoisotopic (exact) mass is 549 g/mol. The topological polar surface area (TPSA) is 55.2 Å². The van der Waals surface area contributed by atoms with E-state index >= 15 is 0 Å². The first-order valence-electron chi connectivity index (χ1n) is 12.9. The molecule has 1 aromatic heterocycles. The first-order chi connectivity index (χ1) is 19.0. The van der Waals surface area contributed by atoms with Crippen LogP contribution in [-0.4, -0.2) is 28.0 Å². The van der Waals surface area contributed by atoms with Crippen molar-refractivity contribution in [1.82, 2.24) is 9.78 Å². The molecule has 1 aliphatic rings. The summed E-state index contributed by atoms with van der Waals surface area (Å²) >= 11 is 0. The van der Waals surface area contributed by atoms with Crippen molar-refractivity contribution in [3.05, 3.63) is 112 Å². The molecule has 2 heterocycles. The fourth-order valence-corrected chi connectivity index (χ4v) is 5.51. The molecule has 0 saturated heterocycles. The van der Waals surface area contributed by atoms with Crippen molar-refractivity contribution in [2.75, 3.05) is 11.4 Å². The summed E-state index contributed by atoms with van der Waals surface area (Å²) in [6, 6.07) is 18.1. The number of nitrogens with zero attached hydrogens (tertiary/aromatic N) is 3. The molecule has 4 aromatic rings. The standard InChI is InChI=1S/C31H27F4N3O2/c1-4-37-29-27(19(3)36-38(29)23-11-6-5-7-12-23)28(21-13-14-25(32)18(2)15-21)24(30(37)40)17-26(39)20-9-8-10-22(16-20)31(33,34)35/h5-16,24,28H,4,17H2,1-3H3/t24-,28+/m0/s1. The number of Topliss-reactive ketones (excluding diaryl/α,β-unsaturated/α-hetero) is 1. The summed E-state index contributed by atoms with van der Waals surface area (Å²) < 4.78 is 56.0. The first-order valence-corrected chi connectivity index (χ1v) is 12.9. The SMILES string of the molecule is CCN1C(=O)[C@@H](CC(=O)c2cccc(C(F)(F)F)c2)[C@@H](c2ccc(F)c(C)c2)c2c(C)nn(-c3ccccc3)c21. The molecular formula is C31H27F4N3O2. The van der Waals surface area contributed by atoms with Gasteiger partial charge in [0.25, 0.3) is 0 Å². The summed E-state index contributed by atoms with van der Waals surface area (Å²) in [5.41, 5.74) is 2.04. The maximum Gasteiger partial charge on any atom is 0.416 e. The van der Waals surface area contributed by atoms with Gasteiger partial charge in [0, 0.05) is 30.0 Å². The summed E-state index contributed by atoms with van der Waals surface area (Å²) in [4.78, 5) is 29.1. The Morgan fingerprint density at radius 3 is 2.35 bits per heavy atom. The summed E-state index contributed by atoms with van der Waals surface area (Å²) in [6.45, 7) is 5.53. The number of amides is 1. The van der Waals surface area contributed by atoms with Crippen LogP contribution in [0.15, 0.2) is 72.8 Å². The normalized spacial score (nSPS) is 17.2. The minimum atomic E-state index is -4.61. The van der Waals surface area contributed by atoms with Crippen molar-refractivity contribution in [2.24, 2.45) is 5.92 Å². The fourth-order valence-electron chi connectivity index (χ4n) is 5.51. The van der Waals surface area contributed by atoms with E-state index in [1.807, 2.05) is 44.2 Å². The number of carbonyl (C=O) groups excluding carboxylic acids is 2.